The van der Waals surface area contributed by atoms with Crippen LogP contribution in [-0.4, -0.2) is 10.9 Å². The Balaban J connectivity index is 2.14. The van der Waals surface area contributed by atoms with Crippen molar-refractivity contribution in [2.75, 3.05) is 0 Å². The topological polar surface area (TPSA) is 42.0 Å². The molecule has 0 spiro atoms. The van der Waals surface area contributed by atoms with Crippen LogP contribution < -0.4 is 5.32 Å². The molecular formula is C17H20N2O. The number of amides is 1. The van der Waals surface area contributed by atoms with Gasteiger partial charge < -0.3 is 5.32 Å². The van der Waals surface area contributed by atoms with Crippen LogP contribution in [0.25, 0.3) is 0 Å². The lowest BCUT2D eigenvalue weighted by atomic mass is 9.88. The lowest BCUT2D eigenvalue weighted by Gasteiger charge is -2.20. The van der Waals surface area contributed by atoms with Crippen LogP contribution in [-0.2, 0) is 12.0 Å². The van der Waals surface area contributed by atoms with E-state index in [1.54, 1.807) is 12.3 Å². The predicted octanol–water partition coefficient (Wildman–Crippen LogP) is 3.31. The van der Waals surface area contributed by atoms with Crippen LogP contribution in [0.1, 0.15) is 42.4 Å². The molecule has 2 aromatic rings. The van der Waals surface area contributed by atoms with Gasteiger partial charge in [0.2, 0.25) is 0 Å². The van der Waals surface area contributed by atoms with Crippen molar-refractivity contribution in [2.24, 2.45) is 0 Å². The average Bonchev–Trinajstić information content (AvgIpc) is 2.45. The van der Waals surface area contributed by atoms with E-state index in [1.165, 1.54) is 0 Å². The first kappa shape index (κ1) is 14.3. The summed E-state index contributed by atoms with van der Waals surface area (Å²) in [4.78, 5) is 16.7. The molecule has 1 aromatic heterocycles. The van der Waals surface area contributed by atoms with Crippen LogP contribution >= 0.6 is 0 Å². The van der Waals surface area contributed by atoms with Gasteiger partial charge in [0.25, 0.3) is 5.91 Å². The summed E-state index contributed by atoms with van der Waals surface area (Å²) >= 11 is 0. The van der Waals surface area contributed by atoms with Crippen LogP contribution in [0.4, 0.5) is 0 Å². The lowest BCUT2D eigenvalue weighted by molar-refractivity contribution is 0.0948. The van der Waals surface area contributed by atoms with Gasteiger partial charge >= 0.3 is 0 Å². The van der Waals surface area contributed by atoms with Crippen molar-refractivity contribution >= 4 is 5.91 Å². The van der Waals surface area contributed by atoms with Gasteiger partial charge in [-0.3, -0.25) is 9.78 Å². The predicted molar refractivity (Wildman–Crippen MR) is 80.5 cm³/mol. The smallest absolute Gasteiger partial charge is 0.253 e. The quantitative estimate of drug-likeness (QED) is 0.928. The standard InChI is InChI=1S/C17H20N2O/c1-17(2,3)15-14(10-7-11-18-15)16(20)19-12-13-8-5-4-6-9-13/h4-11H,12H2,1-3H3,(H,19,20). The van der Waals surface area contributed by atoms with E-state index >= 15 is 0 Å². The van der Waals surface area contributed by atoms with Gasteiger partial charge in [0.15, 0.2) is 0 Å². The molecule has 0 aliphatic rings. The Morgan fingerprint density at radius 3 is 2.45 bits per heavy atom. The van der Waals surface area contributed by atoms with E-state index in [9.17, 15) is 4.79 Å². The first-order chi connectivity index (χ1) is 9.48. The second-order valence-corrected chi connectivity index (χ2v) is 5.82. The summed E-state index contributed by atoms with van der Waals surface area (Å²) in [5, 5.41) is 2.95. The maximum absolute atomic E-state index is 12.3. The average molecular weight is 268 g/mol. The summed E-state index contributed by atoms with van der Waals surface area (Å²) in [7, 11) is 0. The minimum Gasteiger partial charge on any atom is -0.348 e. The van der Waals surface area contributed by atoms with Crippen molar-refractivity contribution < 1.29 is 4.79 Å². The molecule has 0 saturated heterocycles. The number of nitrogens with zero attached hydrogens (tertiary/aromatic N) is 1. The SMILES string of the molecule is CC(C)(C)c1ncccc1C(=O)NCc1ccccc1. The van der Waals surface area contributed by atoms with E-state index in [0.717, 1.165) is 11.3 Å². The zero-order valence-electron chi connectivity index (χ0n) is 12.2. The van der Waals surface area contributed by atoms with Gasteiger partial charge in [0.05, 0.1) is 11.3 Å². The van der Waals surface area contributed by atoms with Crippen molar-refractivity contribution in [1.29, 1.82) is 0 Å². The first-order valence-electron chi connectivity index (χ1n) is 6.76. The summed E-state index contributed by atoms with van der Waals surface area (Å²) in [6, 6.07) is 13.5. The molecule has 1 amide bonds. The summed E-state index contributed by atoms with van der Waals surface area (Å²) in [6.45, 7) is 6.70. The van der Waals surface area contributed by atoms with Gasteiger partial charge in [-0.2, -0.15) is 0 Å². The molecule has 0 bridgehead atoms. The summed E-state index contributed by atoms with van der Waals surface area (Å²) in [5.41, 5.74) is 2.41. The minimum atomic E-state index is -0.152. The normalized spacial score (nSPS) is 11.2. The molecule has 0 radical (unpaired) electrons. The Kier molecular flexibility index (Phi) is 4.18. The third-order valence-corrected chi connectivity index (χ3v) is 3.06. The summed E-state index contributed by atoms with van der Waals surface area (Å²) in [5.74, 6) is -0.0770. The molecule has 1 N–H and O–H groups in total. The highest BCUT2D eigenvalue weighted by molar-refractivity contribution is 5.95. The Hall–Kier alpha value is -2.16. The van der Waals surface area contributed by atoms with E-state index < -0.39 is 0 Å². The number of benzene rings is 1. The van der Waals surface area contributed by atoms with Crippen molar-refractivity contribution in [3.63, 3.8) is 0 Å². The molecule has 20 heavy (non-hydrogen) atoms. The second kappa shape index (κ2) is 5.87. The van der Waals surface area contributed by atoms with Crippen LogP contribution in [0.5, 0.6) is 0 Å². The first-order valence-corrected chi connectivity index (χ1v) is 6.76. The molecule has 3 nitrogen and oxygen atoms in total. The third-order valence-electron chi connectivity index (χ3n) is 3.06. The van der Waals surface area contributed by atoms with E-state index in [4.69, 9.17) is 0 Å². The molecule has 0 aliphatic heterocycles. The van der Waals surface area contributed by atoms with E-state index in [1.807, 2.05) is 36.4 Å². The Labute approximate surface area is 120 Å². The van der Waals surface area contributed by atoms with E-state index in [-0.39, 0.29) is 11.3 Å². The monoisotopic (exact) mass is 268 g/mol. The molecule has 0 saturated carbocycles. The fourth-order valence-electron chi connectivity index (χ4n) is 2.06. The van der Waals surface area contributed by atoms with Gasteiger partial charge in [-0.15, -0.1) is 0 Å². The van der Waals surface area contributed by atoms with Gasteiger partial charge in [-0.25, -0.2) is 0 Å². The van der Waals surface area contributed by atoms with Crippen LogP contribution in [0.15, 0.2) is 48.7 Å². The van der Waals surface area contributed by atoms with Crippen LogP contribution in [0, 0.1) is 0 Å². The number of nitrogens with one attached hydrogen (secondary N) is 1. The zero-order chi connectivity index (χ0) is 14.6. The highest BCUT2D eigenvalue weighted by Gasteiger charge is 2.22. The molecule has 104 valence electrons. The highest BCUT2D eigenvalue weighted by atomic mass is 16.1. The lowest BCUT2D eigenvalue weighted by Crippen LogP contribution is -2.27. The Morgan fingerprint density at radius 1 is 1.10 bits per heavy atom. The van der Waals surface area contributed by atoms with Gasteiger partial charge in [0, 0.05) is 18.2 Å². The van der Waals surface area contributed by atoms with Crippen molar-refractivity contribution in [3.8, 4) is 0 Å². The van der Waals surface area contributed by atoms with E-state index in [0.29, 0.717) is 12.1 Å². The molecule has 0 unspecified atom stereocenters. The highest BCUT2D eigenvalue weighted by Crippen LogP contribution is 2.23. The molecule has 0 fully saturated rings. The van der Waals surface area contributed by atoms with Crippen LogP contribution in [0.3, 0.4) is 0 Å². The second-order valence-electron chi connectivity index (χ2n) is 5.82. The Bertz CT molecular complexity index is 585. The molecule has 0 atom stereocenters. The number of aromatic nitrogens is 1. The number of carbonyl (C=O) groups is 1. The molecule has 1 aromatic carbocycles. The number of rotatable bonds is 3. The van der Waals surface area contributed by atoms with Gasteiger partial charge in [0.1, 0.15) is 0 Å². The maximum atomic E-state index is 12.3. The van der Waals surface area contributed by atoms with Crippen molar-refractivity contribution in [3.05, 3.63) is 65.5 Å². The number of pyridine rings is 1. The van der Waals surface area contributed by atoms with Crippen molar-refractivity contribution in [1.82, 2.24) is 10.3 Å². The molecule has 1 heterocycles. The van der Waals surface area contributed by atoms with Crippen molar-refractivity contribution in [2.45, 2.75) is 32.7 Å². The van der Waals surface area contributed by atoms with Crippen LogP contribution in [0.2, 0.25) is 0 Å². The molecule has 3 heteroatoms. The largest absolute Gasteiger partial charge is 0.348 e. The van der Waals surface area contributed by atoms with Gasteiger partial charge in [-0.1, -0.05) is 51.1 Å². The fraction of sp³-hybridized carbons (Fsp3) is 0.294. The number of hydrogen-bond donors (Lipinski definition) is 1. The minimum absolute atomic E-state index is 0.0770. The summed E-state index contributed by atoms with van der Waals surface area (Å²) in [6.07, 6.45) is 1.73. The summed E-state index contributed by atoms with van der Waals surface area (Å²) < 4.78 is 0. The molecular weight excluding hydrogens is 248 g/mol. The number of carbonyl (C=O) groups excluding carboxylic acids is 1. The Morgan fingerprint density at radius 2 is 1.80 bits per heavy atom. The zero-order valence-corrected chi connectivity index (χ0v) is 12.2. The van der Waals surface area contributed by atoms with Gasteiger partial charge in [-0.05, 0) is 17.7 Å². The molecule has 0 aliphatic carbocycles. The maximum Gasteiger partial charge on any atom is 0.253 e. The fourth-order valence-corrected chi connectivity index (χ4v) is 2.06. The molecule has 2 rings (SSSR count). The van der Waals surface area contributed by atoms with E-state index in [2.05, 4.69) is 31.1 Å². The number of hydrogen-bond acceptors (Lipinski definition) is 2. The third kappa shape index (κ3) is 3.44.